The van der Waals surface area contributed by atoms with E-state index in [0.29, 0.717) is 12.6 Å². The molecule has 3 rings (SSSR count). The molecule has 1 aromatic carbocycles. The molecule has 2 aliphatic rings. The van der Waals surface area contributed by atoms with Crippen LogP contribution < -0.4 is 15.4 Å². The number of methoxy groups -OCH3 is 1. The summed E-state index contributed by atoms with van der Waals surface area (Å²) >= 11 is 0. The summed E-state index contributed by atoms with van der Waals surface area (Å²) in [6, 6.07) is 8.80. The monoisotopic (exact) mass is 530 g/mol. The van der Waals surface area contributed by atoms with Crippen LogP contribution in [0.3, 0.4) is 0 Å². The van der Waals surface area contributed by atoms with Crippen LogP contribution in [0.5, 0.6) is 5.75 Å². The van der Waals surface area contributed by atoms with Crippen molar-refractivity contribution in [2.75, 3.05) is 33.3 Å². The van der Waals surface area contributed by atoms with Crippen molar-refractivity contribution in [2.45, 2.75) is 70.1 Å². The molecule has 1 saturated heterocycles. The summed E-state index contributed by atoms with van der Waals surface area (Å²) in [5, 5.41) is 17.4. The highest BCUT2D eigenvalue weighted by atomic mass is 127. The number of aliphatic imine (C=N–C) groups is 1. The Morgan fingerprint density at radius 3 is 2.60 bits per heavy atom. The van der Waals surface area contributed by atoms with Crippen LogP contribution in [0.1, 0.15) is 63.5 Å². The first kappa shape index (κ1) is 25.2. The number of piperidine rings is 1. The molecule has 0 aromatic heterocycles. The van der Waals surface area contributed by atoms with Crippen molar-refractivity contribution in [1.82, 2.24) is 15.5 Å². The molecule has 7 heteroatoms. The van der Waals surface area contributed by atoms with Gasteiger partial charge in [-0.25, -0.2) is 0 Å². The normalized spacial score (nSPS) is 20.3. The number of guanidine groups is 1. The lowest BCUT2D eigenvalue weighted by atomic mass is 9.92. The summed E-state index contributed by atoms with van der Waals surface area (Å²) in [4.78, 5) is 7.34. The van der Waals surface area contributed by atoms with Crippen LogP contribution in [0.2, 0.25) is 0 Å². The summed E-state index contributed by atoms with van der Waals surface area (Å²) in [7, 11) is 1.64. The molecule has 3 N–H and O–H groups in total. The third-order valence-electron chi connectivity index (χ3n) is 6.21. The van der Waals surface area contributed by atoms with E-state index in [9.17, 15) is 5.11 Å². The van der Waals surface area contributed by atoms with E-state index in [4.69, 9.17) is 4.74 Å². The highest BCUT2D eigenvalue weighted by molar-refractivity contribution is 14.0. The van der Waals surface area contributed by atoms with Gasteiger partial charge in [0.25, 0.3) is 0 Å². The van der Waals surface area contributed by atoms with E-state index >= 15 is 0 Å². The molecule has 1 aliphatic carbocycles. The maximum absolute atomic E-state index is 10.5. The van der Waals surface area contributed by atoms with Crippen molar-refractivity contribution in [3.63, 3.8) is 0 Å². The quantitative estimate of drug-likeness (QED) is 0.285. The van der Waals surface area contributed by atoms with Crippen LogP contribution in [0.25, 0.3) is 0 Å². The van der Waals surface area contributed by atoms with Crippen molar-refractivity contribution in [1.29, 1.82) is 0 Å². The van der Waals surface area contributed by atoms with Crippen LogP contribution in [0, 0.1) is 0 Å². The number of hydrogen-bond acceptors (Lipinski definition) is 4. The number of nitrogens with zero attached hydrogens (tertiary/aromatic N) is 2. The highest BCUT2D eigenvalue weighted by Gasteiger charge is 2.26. The Kier molecular flexibility index (Phi) is 11.2. The molecule has 0 spiro atoms. The van der Waals surface area contributed by atoms with E-state index in [-0.39, 0.29) is 24.0 Å². The number of hydrogen-bond donors (Lipinski definition) is 3. The maximum atomic E-state index is 10.5. The third kappa shape index (κ3) is 7.57. The predicted octanol–water partition coefficient (Wildman–Crippen LogP) is 3.70. The van der Waals surface area contributed by atoms with Gasteiger partial charge in [-0.05, 0) is 50.3 Å². The predicted molar refractivity (Wildman–Crippen MR) is 134 cm³/mol. The van der Waals surface area contributed by atoms with Crippen LogP contribution in [0.15, 0.2) is 29.3 Å². The molecule has 1 aliphatic heterocycles. The average molecular weight is 530 g/mol. The number of aliphatic hydroxyl groups is 1. The molecular weight excluding hydrogens is 491 g/mol. The number of nitrogens with one attached hydrogen (secondary N) is 2. The Morgan fingerprint density at radius 2 is 1.93 bits per heavy atom. The van der Waals surface area contributed by atoms with Gasteiger partial charge in [-0.2, -0.15) is 0 Å². The summed E-state index contributed by atoms with van der Waals surface area (Å²) in [6.07, 6.45) is 8.63. The van der Waals surface area contributed by atoms with Crippen LogP contribution >= 0.6 is 24.0 Å². The Hall–Kier alpha value is -1.06. The number of rotatable bonds is 7. The van der Waals surface area contributed by atoms with Gasteiger partial charge < -0.3 is 25.4 Å². The molecule has 2 fully saturated rings. The smallest absolute Gasteiger partial charge is 0.191 e. The van der Waals surface area contributed by atoms with Gasteiger partial charge in [-0.3, -0.25) is 4.99 Å². The lowest BCUT2D eigenvalue weighted by molar-refractivity contribution is 0.119. The number of halogens is 1. The van der Waals surface area contributed by atoms with Gasteiger partial charge >= 0.3 is 0 Å². The van der Waals surface area contributed by atoms with E-state index < -0.39 is 6.10 Å². The lowest BCUT2D eigenvalue weighted by Gasteiger charge is -2.39. The standard InChI is InChI=1S/C23H38N4O2.HI/c1-3-24-23(25-17-22(28)18-8-7-11-21(16-18)29-2)26-19-12-14-27(15-13-19)20-9-5-4-6-10-20;/h7-8,11,16,19-20,22,28H,3-6,9-10,12-15,17H2,1-2H3,(H2,24,25,26);1H. The van der Waals surface area contributed by atoms with E-state index in [2.05, 4.69) is 27.4 Å². The fourth-order valence-electron chi connectivity index (χ4n) is 4.50. The molecule has 1 unspecified atom stereocenters. The zero-order chi connectivity index (χ0) is 20.5. The molecule has 0 bridgehead atoms. The largest absolute Gasteiger partial charge is 0.497 e. The van der Waals surface area contributed by atoms with Gasteiger partial charge in [0.1, 0.15) is 5.75 Å². The molecule has 1 aromatic rings. The van der Waals surface area contributed by atoms with Crippen molar-refractivity contribution < 1.29 is 9.84 Å². The molecule has 1 saturated carbocycles. The van der Waals surface area contributed by atoms with Crippen molar-refractivity contribution in [2.24, 2.45) is 4.99 Å². The lowest BCUT2D eigenvalue weighted by Crippen LogP contribution is -2.51. The second kappa shape index (κ2) is 13.4. The molecule has 1 heterocycles. The molecule has 170 valence electrons. The minimum Gasteiger partial charge on any atom is -0.497 e. The zero-order valence-corrected chi connectivity index (χ0v) is 20.8. The molecule has 30 heavy (non-hydrogen) atoms. The Morgan fingerprint density at radius 1 is 1.20 bits per heavy atom. The zero-order valence-electron chi connectivity index (χ0n) is 18.5. The van der Waals surface area contributed by atoms with E-state index in [1.165, 1.54) is 45.2 Å². The molecular formula is C23H39IN4O2. The van der Waals surface area contributed by atoms with Gasteiger partial charge in [0.2, 0.25) is 0 Å². The van der Waals surface area contributed by atoms with Gasteiger partial charge in [-0.15, -0.1) is 24.0 Å². The second-order valence-electron chi connectivity index (χ2n) is 8.26. The molecule has 0 radical (unpaired) electrons. The number of ether oxygens (including phenoxy) is 1. The van der Waals surface area contributed by atoms with E-state index in [1.54, 1.807) is 7.11 Å². The SMILES string of the molecule is CCNC(=NCC(O)c1cccc(OC)c1)NC1CCN(C2CCCCC2)CC1.I. The fourth-order valence-corrected chi connectivity index (χ4v) is 4.50. The van der Waals surface area contributed by atoms with Crippen molar-refractivity contribution in [3.05, 3.63) is 29.8 Å². The topological polar surface area (TPSA) is 69.1 Å². The minimum absolute atomic E-state index is 0. The molecule has 1 atom stereocenters. The van der Waals surface area contributed by atoms with Crippen LogP contribution in [-0.4, -0.2) is 61.3 Å². The highest BCUT2D eigenvalue weighted by Crippen LogP contribution is 2.25. The van der Waals surface area contributed by atoms with Gasteiger partial charge in [0, 0.05) is 31.7 Å². The Balaban J connectivity index is 0.00000320. The summed E-state index contributed by atoms with van der Waals surface area (Å²) in [5.74, 6) is 1.55. The first-order valence-corrected chi connectivity index (χ1v) is 11.3. The first-order valence-electron chi connectivity index (χ1n) is 11.3. The second-order valence-corrected chi connectivity index (χ2v) is 8.26. The molecule has 0 amide bonds. The molecule has 6 nitrogen and oxygen atoms in total. The average Bonchev–Trinajstić information content (AvgIpc) is 2.78. The van der Waals surface area contributed by atoms with Gasteiger partial charge in [0.15, 0.2) is 5.96 Å². The van der Waals surface area contributed by atoms with E-state index in [1.807, 2.05) is 24.3 Å². The first-order chi connectivity index (χ1) is 14.2. The van der Waals surface area contributed by atoms with Crippen LogP contribution in [-0.2, 0) is 0 Å². The maximum Gasteiger partial charge on any atom is 0.191 e. The van der Waals surface area contributed by atoms with Crippen LogP contribution in [0.4, 0.5) is 0 Å². The van der Waals surface area contributed by atoms with E-state index in [0.717, 1.165) is 42.7 Å². The number of benzene rings is 1. The van der Waals surface area contributed by atoms with Gasteiger partial charge in [0.05, 0.1) is 19.8 Å². The summed E-state index contributed by atoms with van der Waals surface area (Å²) < 4.78 is 5.25. The number of aliphatic hydroxyl groups excluding tert-OH is 1. The Labute approximate surface area is 198 Å². The minimum atomic E-state index is -0.645. The summed E-state index contributed by atoms with van der Waals surface area (Å²) in [5.41, 5.74) is 0.824. The Bertz CT molecular complexity index is 644. The fraction of sp³-hybridized carbons (Fsp3) is 0.696. The third-order valence-corrected chi connectivity index (χ3v) is 6.21. The summed E-state index contributed by atoms with van der Waals surface area (Å²) in [6.45, 7) is 5.55. The van der Waals surface area contributed by atoms with Crippen molar-refractivity contribution >= 4 is 29.9 Å². The van der Waals surface area contributed by atoms with Gasteiger partial charge in [-0.1, -0.05) is 31.4 Å². The number of likely N-dealkylation sites (tertiary alicyclic amines) is 1. The van der Waals surface area contributed by atoms with Crippen molar-refractivity contribution in [3.8, 4) is 5.75 Å².